The number of nitrogens with zero attached hydrogens (tertiary/aromatic N) is 1. The molecule has 0 bridgehead atoms. The lowest BCUT2D eigenvalue weighted by atomic mass is 10.1. The Balaban J connectivity index is 1.79. The number of nitrogens with one attached hydrogen (secondary N) is 1. The average molecular weight is 374 g/mol. The Morgan fingerprint density at radius 2 is 1.77 bits per heavy atom. The van der Waals surface area contributed by atoms with E-state index in [1.807, 2.05) is 37.3 Å². The number of ether oxygens (including phenoxy) is 1. The summed E-state index contributed by atoms with van der Waals surface area (Å²) < 4.78 is 28.7. The largest absolute Gasteiger partial charge is 0.435 e. The van der Waals surface area contributed by atoms with E-state index >= 15 is 0 Å². The minimum absolute atomic E-state index is 0.0581. The van der Waals surface area contributed by atoms with Crippen molar-refractivity contribution >= 4 is 29.3 Å². The molecule has 0 aromatic heterocycles. The predicted molar refractivity (Wildman–Crippen MR) is 98.5 cm³/mol. The first-order valence-corrected chi connectivity index (χ1v) is 8.32. The minimum atomic E-state index is -2.87. The van der Waals surface area contributed by atoms with Crippen LogP contribution in [0.15, 0.2) is 60.3 Å². The average Bonchev–Trinajstić information content (AvgIpc) is 2.90. The van der Waals surface area contributed by atoms with Crippen molar-refractivity contribution in [3.63, 3.8) is 0 Å². The molecular weight excluding hydrogens is 358 g/mol. The van der Waals surface area contributed by atoms with Gasteiger partial charge in [-0.1, -0.05) is 42.5 Å². The lowest BCUT2D eigenvalue weighted by Crippen LogP contribution is -2.33. The number of hydrogen-bond donors (Lipinski definition) is 1. The first kappa shape index (κ1) is 18.0. The molecule has 1 fully saturated rings. The molecule has 2 aromatic rings. The Kier molecular flexibility index (Phi) is 5.27. The topological polar surface area (TPSA) is 41.6 Å². The number of alkyl halides is 2. The fraction of sp³-hybridized carbons (Fsp3) is 0.158. The van der Waals surface area contributed by atoms with Gasteiger partial charge in [0, 0.05) is 0 Å². The number of rotatable bonds is 5. The summed E-state index contributed by atoms with van der Waals surface area (Å²) in [4.78, 5) is 14.2. The molecule has 134 valence electrons. The van der Waals surface area contributed by atoms with Crippen molar-refractivity contribution in [2.75, 3.05) is 0 Å². The highest BCUT2D eigenvalue weighted by molar-refractivity contribution is 7.80. The van der Waals surface area contributed by atoms with Crippen molar-refractivity contribution in [2.45, 2.75) is 19.6 Å². The molecule has 0 radical (unpaired) electrons. The number of thiocarbonyl (C=S) groups is 1. The molecule has 0 saturated carbocycles. The molecule has 0 unspecified atom stereocenters. The molecule has 2 aromatic carbocycles. The van der Waals surface area contributed by atoms with E-state index in [9.17, 15) is 13.6 Å². The summed E-state index contributed by atoms with van der Waals surface area (Å²) in [5.74, 6) is -0.179. The summed E-state index contributed by atoms with van der Waals surface area (Å²) in [5.41, 5.74) is 1.97. The van der Waals surface area contributed by atoms with Gasteiger partial charge < -0.3 is 10.1 Å². The zero-order chi connectivity index (χ0) is 18.7. The number of halogens is 2. The van der Waals surface area contributed by atoms with E-state index in [0.717, 1.165) is 5.56 Å². The third kappa shape index (κ3) is 3.88. The Labute approximate surface area is 155 Å². The summed E-state index contributed by atoms with van der Waals surface area (Å²) in [7, 11) is 0. The van der Waals surface area contributed by atoms with E-state index in [2.05, 4.69) is 10.1 Å². The van der Waals surface area contributed by atoms with Crippen LogP contribution in [-0.2, 0) is 4.79 Å². The van der Waals surface area contributed by atoms with Crippen molar-refractivity contribution in [2.24, 2.45) is 0 Å². The highest BCUT2D eigenvalue weighted by atomic mass is 32.1. The van der Waals surface area contributed by atoms with E-state index < -0.39 is 6.61 Å². The Bertz CT molecular complexity index is 838. The van der Waals surface area contributed by atoms with Gasteiger partial charge in [0.05, 0.1) is 6.04 Å². The number of carbonyl (C=O) groups excluding carboxylic acids is 1. The second-order valence-corrected chi connectivity index (χ2v) is 6.08. The van der Waals surface area contributed by atoms with E-state index in [-0.39, 0.29) is 17.7 Å². The Morgan fingerprint density at radius 1 is 1.12 bits per heavy atom. The van der Waals surface area contributed by atoms with Crippen LogP contribution in [0.4, 0.5) is 8.78 Å². The third-order valence-corrected chi connectivity index (χ3v) is 4.29. The molecule has 1 N–H and O–H groups in total. The molecular formula is C19H16F2N2O2S. The van der Waals surface area contributed by atoms with Gasteiger partial charge in [-0.3, -0.25) is 9.69 Å². The van der Waals surface area contributed by atoms with Gasteiger partial charge in [-0.25, -0.2) is 0 Å². The van der Waals surface area contributed by atoms with Crippen molar-refractivity contribution in [1.82, 2.24) is 10.2 Å². The highest BCUT2D eigenvalue weighted by Gasteiger charge is 2.34. The van der Waals surface area contributed by atoms with Crippen LogP contribution in [0.1, 0.15) is 24.1 Å². The molecule has 1 aliphatic heterocycles. The summed E-state index contributed by atoms with van der Waals surface area (Å²) in [5, 5.41) is 3.25. The van der Waals surface area contributed by atoms with Gasteiger partial charge in [0.25, 0.3) is 5.91 Å². The van der Waals surface area contributed by atoms with Gasteiger partial charge in [-0.15, -0.1) is 0 Å². The first-order valence-electron chi connectivity index (χ1n) is 7.92. The van der Waals surface area contributed by atoms with Crippen LogP contribution in [0.25, 0.3) is 6.08 Å². The van der Waals surface area contributed by atoms with Gasteiger partial charge in [0.15, 0.2) is 5.11 Å². The van der Waals surface area contributed by atoms with Gasteiger partial charge in [-0.05, 0) is 48.5 Å². The van der Waals surface area contributed by atoms with Crippen molar-refractivity contribution in [3.8, 4) is 5.75 Å². The maximum atomic E-state index is 12.7. The molecule has 3 rings (SSSR count). The van der Waals surface area contributed by atoms with Crippen LogP contribution in [0.3, 0.4) is 0 Å². The molecule has 0 spiro atoms. The smallest absolute Gasteiger partial charge is 0.387 e. The molecule has 4 nitrogen and oxygen atoms in total. The molecule has 1 aliphatic rings. The van der Waals surface area contributed by atoms with Crippen LogP contribution in [0, 0.1) is 0 Å². The van der Waals surface area contributed by atoms with E-state index in [0.29, 0.717) is 16.4 Å². The highest BCUT2D eigenvalue weighted by Crippen LogP contribution is 2.26. The van der Waals surface area contributed by atoms with E-state index in [1.54, 1.807) is 18.2 Å². The quantitative estimate of drug-likeness (QED) is 0.632. The fourth-order valence-electron chi connectivity index (χ4n) is 2.69. The van der Waals surface area contributed by atoms with Crippen LogP contribution in [0.5, 0.6) is 5.75 Å². The van der Waals surface area contributed by atoms with Gasteiger partial charge >= 0.3 is 6.61 Å². The van der Waals surface area contributed by atoms with Gasteiger partial charge in [-0.2, -0.15) is 8.78 Å². The molecule has 1 heterocycles. The van der Waals surface area contributed by atoms with Crippen LogP contribution in [0.2, 0.25) is 0 Å². The summed E-state index contributed by atoms with van der Waals surface area (Å²) >= 11 is 5.31. The van der Waals surface area contributed by atoms with Crippen LogP contribution < -0.4 is 10.1 Å². The standard InChI is InChI=1S/C19H16F2N2O2S/c1-12(14-5-3-2-4-6-14)23-17(24)16(22-19(23)26)11-13-7-9-15(10-8-13)25-18(20)21/h2-12,18H,1H3,(H,22,26)/b16-11+/t12-/m0/s1. The summed E-state index contributed by atoms with van der Waals surface area (Å²) in [6.45, 7) is -0.969. The molecule has 1 saturated heterocycles. The fourth-order valence-corrected chi connectivity index (χ4v) is 3.04. The number of benzene rings is 2. The van der Waals surface area contributed by atoms with E-state index in [4.69, 9.17) is 12.2 Å². The molecule has 1 amide bonds. The Morgan fingerprint density at radius 3 is 2.38 bits per heavy atom. The van der Waals surface area contributed by atoms with Crippen molar-refractivity contribution < 1.29 is 18.3 Å². The van der Waals surface area contributed by atoms with Crippen molar-refractivity contribution in [3.05, 3.63) is 71.4 Å². The summed E-state index contributed by atoms with van der Waals surface area (Å²) in [6, 6.07) is 15.4. The van der Waals surface area contributed by atoms with Gasteiger partial charge in [0.1, 0.15) is 11.4 Å². The normalized spacial score (nSPS) is 16.9. The molecule has 26 heavy (non-hydrogen) atoms. The maximum Gasteiger partial charge on any atom is 0.387 e. The zero-order valence-electron chi connectivity index (χ0n) is 13.9. The van der Waals surface area contributed by atoms with Crippen LogP contribution in [-0.4, -0.2) is 22.5 Å². The SMILES string of the molecule is C[C@@H](c1ccccc1)N1C(=O)/C(=C\c2ccc(OC(F)F)cc2)NC1=S. The molecule has 7 heteroatoms. The predicted octanol–water partition coefficient (Wildman–Crippen LogP) is 4.11. The lowest BCUT2D eigenvalue weighted by molar-refractivity contribution is -0.123. The monoisotopic (exact) mass is 374 g/mol. The maximum absolute atomic E-state index is 12.7. The van der Waals surface area contributed by atoms with Gasteiger partial charge in [0.2, 0.25) is 0 Å². The minimum Gasteiger partial charge on any atom is -0.435 e. The lowest BCUT2D eigenvalue weighted by Gasteiger charge is -2.23. The zero-order valence-corrected chi connectivity index (χ0v) is 14.7. The summed E-state index contributed by atoms with van der Waals surface area (Å²) in [6.07, 6.45) is 1.62. The van der Waals surface area contributed by atoms with Crippen LogP contribution >= 0.6 is 12.2 Å². The molecule has 0 aliphatic carbocycles. The first-order chi connectivity index (χ1) is 12.5. The molecule has 1 atom stereocenters. The second-order valence-electron chi connectivity index (χ2n) is 5.70. The number of amides is 1. The van der Waals surface area contributed by atoms with Crippen molar-refractivity contribution in [1.29, 1.82) is 0 Å². The van der Waals surface area contributed by atoms with E-state index in [1.165, 1.54) is 17.0 Å². The Hall–Kier alpha value is -2.80. The third-order valence-electron chi connectivity index (χ3n) is 4.00. The number of hydrogen-bond acceptors (Lipinski definition) is 3. The second kappa shape index (κ2) is 7.61. The number of carbonyl (C=O) groups is 1.